The number of hydroxylamine groups is 2. The minimum atomic E-state index is -0.0390. The first-order valence-corrected chi connectivity index (χ1v) is 12.2. The Kier molecular flexibility index (Phi) is 32.0. The van der Waals surface area contributed by atoms with E-state index >= 15 is 0 Å². The first-order valence-electron chi connectivity index (χ1n) is 12.2. The normalized spacial score (nSPS) is 11.0. The average Bonchev–Trinajstić information content (AvgIpc) is 2.74. The van der Waals surface area contributed by atoms with Crippen LogP contribution in [0.25, 0.3) is 0 Å². The van der Waals surface area contributed by atoms with E-state index in [2.05, 4.69) is 6.92 Å². The summed E-state index contributed by atoms with van der Waals surface area (Å²) in [4.78, 5) is 9.97. The molecule has 0 saturated carbocycles. The smallest absolute Gasteiger partial charge is 0.0942 e. The third-order valence-electron chi connectivity index (χ3n) is 4.62. The van der Waals surface area contributed by atoms with Gasteiger partial charge in [0.1, 0.15) is 0 Å². The lowest BCUT2D eigenvalue weighted by Crippen LogP contribution is -2.28. The van der Waals surface area contributed by atoms with E-state index in [1.807, 2.05) is 6.92 Å². The number of hydrogen-bond acceptors (Lipinski definition) is 6. The van der Waals surface area contributed by atoms with E-state index in [-0.39, 0.29) is 26.4 Å². The van der Waals surface area contributed by atoms with Crippen LogP contribution in [0, 0.1) is 0 Å². The average molecular weight is 421 g/mol. The Hall–Kier alpha value is -0.240. The molecule has 0 aromatic carbocycles. The van der Waals surface area contributed by atoms with Gasteiger partial charge >= 0.3 is 0 Å². The Morgan fingerprint density at radius 3 is 1.28 bits per heavy atom. The maximum absolute atomic E-state index is 8.45. The van der Waals surface area contributed by atoms with Crippen molar-refractivity contribution in [2.24, 2.45) is 5.73 Å². The van der Waals surface area contributed by atoms with E-state index in [4.69, 9.17) is 25.6 Å². The molecule has 0 aromatic heterocycles. The molecule has 0 fully saturated rings. The fourth-order valence-corrected chi connectivity index (χ4v) is 2.97. The van der Waals surface area contributed by atoms with Crippen molar-refractivity contribution in [2.75, 3.05) is 39.5 Å². The summed E-state index contributed by atoms with van der Waals surface area (Å²) in [6, 6.07) is 0. The third-order valence-corrected chi connectivity index (χ3v) is 4.62. The summed E-state index contributed by atoms with van der Waals surface area (Å²) >= 11 is 0. The highest BCUT2D eigenvalue weighted by molar-refractivity contribution is 4.49. The van der Waals surface area contributed by atoms with Gasteiger partial charge in [0.05, 0.1) is 33.0 Å². The topological polar surface area (TPSA) is 88.2 Å². The van der Waals surface area contributed by atoms with Gasteiger partial charge in [-0.2, -0.15) is 0 Å². The van der Waals surface area contributed by atoms with Gasteiger partial charge in [0.15, 0.2) is 0 Å². The van der Waals surface area contributed by atoms with E-state index in [0.717, 1.165) is 13.0 Å². The van der Waals surface area contributed by atoms with Gasteiger partial charge in [0, 0.05) is 0 Å². The minimum Gasteiger partial charge on any atom is -0.394 e. The molecule has 6 nitrogen and oxygen atoms in total. The maximum Gasteiger partial charge on any atom is 0.0942 e. The van der Waals surface area contributed by atoms with Crippen molar-refractivity contribution in [3.8, 4) is 0 Å². The summed E-state index contributed by atoms with van der Waals surface area (Å²) in [5, 5.41) is 18.2. The second kappa shape index (κ2) is 30.0. The zero-order valence-electron chi connectivity index (χ0n) is 19.6. The van der Waals surface area contributed by atoms with Gasteiger partial charge in [0.2, 0.25) is 0 Å². The zero-order chi connectivity index (χ0) is 21.8. The van der Waals surface area contributed by atoms with E-state index in [0.29, 0.717) is 6.54 Å². The molecule has 4 N–H and O–H groups in total. The Morgan fingerprint density at radius 2 is 0.966 bits per heavy atom. The first kappa shape index (κ1) is 30.9. The predicted molar refractivity (Wildman–Crippen MR) is 122 cm³/mol. The lowest BCUT2D eigenvalue weighted by Gasteiger charge is -2.19. The fraction of sp³-hybridized carbons (Fsp3) is 1.00. The SMILES string of the molecule is CCCCCCCCCCCCCCCCN.CCCN(OCCO)OCCO. The van der Waals surface area contributed by atoms with Crippen molar-refractivity contribution < 1.29 is 19.9 Å². The lowest BCUT2D eigenvalue weighted by atomic mass is 10.0. The minimum absolute atomic E-state index is 0.0390. The van der Waals surface area contributed by atoms with Crippen LogP contribution in [0.1, 0.15) is 110 Å². The van der Waals surface area contributed by atoms with Crippen LogP contribution in [0.2, 0.25) is 0 Å². The molecular weight excluding hydrogens is 368 g/mol. The molecule has 0 rings (SSSR count). The van der Waals surface area contributed by atoms with E-state index < -0.39 is 0 Å². The lowest BCUT2D eigenvalue weighted by molar-refractivity contribution is -0.371. The standard InChI is InChI=1S/C16H35N.C7H17NO4/c1-2-3-4-5-6-7-8-9-10-11-12-13-14-15-16-17;1-2-3-8(11-6-4-9)12-7-5-10/h2-17H2,1H3;9-10H,2-7H2,1H3. The van der Waals surface area contributed by atoms with Crippen molar-refractivity contribution in [3.63, 3.8) is 0 Å². The number of aliphatic hydroxyl groups is 2. The maximum atomic E-state index is 8.45. The Bertz CT molecular complexity index is 249. The molecule has 0 aliphatic heterocycles. The molecule has 0 radical (unpaired) electrons. The summed E-state index contributed by atoms with van der Waals surface area (Å²) in [6.45, 7) is 6.12. The molecular formula is C23H52N2O4. The van der Waals surface area contributed by atoms with E-state index in [9.17, 15) is 0 Å². The van der Waals surface area contributed by atoms with Gasteiger partial charge in [-0.05, 0) is 19.4 Å². The molecule has 0 saturated heterocycles. The van der Waals surface area contributed by atoms with Gasteiger partial charge in [0.25, 0.3) is 0 Å². The largest absolute Gasteiger partial charge is 0.394 e. The molecule has 6 heteroatoms. The van der Waals surface area contributed by atoms with Gasteiger partial charge in [-0.1, -0.05) is 103 Å². The summed E-state index contributed by atoms with van der Waals surface area (Å²) in [7, 11) is 0. The quantitative estimate of drug-likeness (QED) is 0.169. The molecule has 0 bridgehead atoms. The summed E-state index contributed by atoms with van der Waals surface area (Å²) in [5.74, 6) is 0. The van der Waals surface area contributed by atoms with Crippen LogP contribution in [-0.4, -0.2) is 55.0 Å². The van der Waals surface area contributed by atoms with Crippen LogP contribution >= 0.6 is 0 Å². The van der Waals surface area contributed by atoms with Crippen LogP contribution < -0.4 is 5.73 Å². The number of aliphatic hydroxyl groups excluding tert-OH is 2. The van der Waals surface area contributed by atoms with Gasteiger partial charge < -0.3 is 15.9 Å². The van der Waals surface area contributed by atoms with Crippen molar-refractivity contribution in [3.05, 3.63) is 0 Å². The second-order valence-corrected chi connectivity index (χ2v) is 7.55. The summed E-state index contributed by atoms with van der Waals surface area (Å²) in [5.41, 5.74) is 5.47. The Labute approximate surface area is 181 Å². The van der Waals surface area contributed by atoms with Crippen molar-refractivity contribution in [1.29, 1.82) is 0 Å². The Balaban J connectivity index is 0. The second-order valence-electron chi connectivity index (χ2n) is 7.55. The van der Waals surface area contributed by atoms with Crippen molar-refractivity contribution in [1.82, 2.24) is 5.23 Å². The highest BCUT2D eigenvalue weighted by Crippen LogP contribution is 2.12. The third kappa shape index (κ3) is 30.0. The summed E-state index contributed by atoms with van der Waals surface area (Å²) in [6.07, 6.45) is 20.8. The van der Waals surface area contributed by atoms with E-state index in [1.165, 1.54) is 95.1 Å². The molecule has 0 aromatic rings. The molecule has 0 heterocycles. The van der Waals surface area contributed by atoms with Crippen LogP contribution in [0.4, 0.5) is 0 Å². The van der Waals surface area contributed by atoms with Crippen LogP contribution in [0.15, 0.2) is 0 Å². The molecule has 0 spiro atoms. The molecule has 0 amide bonds. The molecule has 178 valence electrons. The zero-order valence-corrected chi connectivity index (χ0v) is 19.6. The number of nitrogens with two attached hydrogens (primary N) is 1. The highest BCUT2D eigenvalue weighted by Gasteiger charge is 2.02. The van der Waals surface area contributed by atoms with Crippen LogP contribution in [-0.2, 0) is 9.68 Å². The molecule has 29 heavy (non-hydrogen) atoms. The Morgan fingerprint density at radius 1 is 0.586 bits per heavy atom. The van der Waals surface area contributed by atoms with Crippen LogP contribution in [0.3, 0.4) is 0 Å². The van der Waals surface area contributed by atoms with Gasteiger partial charge in [-0.15, -0.1) is 0 Å². The molecule has 0 aliphatic rings. The number of nitrogens with zero attached hydrogens (tertiary/aromatic N) is 1. The van der Waals surface area contributed by atoms with Crippen molar-refractivity contribution >= 4 is 0 Å². The molecule has 0 atom stereocenters. The first-order chi connectivity index (χ1) is 14.3. The number of rotatable bonds is 22. The van der Waals surface area contributed by atoms with Crippen molar-refractivity contribution in [2.45, 2.75) is 110 Å². The molecule has 0 unspecified atom stereocenters. The number of hydrogen-bond donors (Lipinski definition) is 3. The van der Waals surface area contributed by atoms with E-state index in [1.54, 1.807) is 0 Å². The number of unbranched alkanes of at least 4 members (excludes halogenated alkanes) is 13. The monoisotopic (exact) mass is 420 g/mol. The fourth-order valence-electron chi connectivity index (χ4n) is 2.97. The highest BCUT2D eigenvalue weighted by atomic mass is 16.9. The van der Waals surface area contributed by atoms with Gasteiger partial charge in [-0.3, -0.25) is 9.68 Å². The summed E-state index contributed by atoms with van der Waals surface area (Å²) < 4.78 is 0. The predicted octanol–water partition coefficient (Wildman–Crippen LogP) is 4.97. The van der Waals surface area contributed by atoms with Gasteiger partial charge in [-0.25, -0.2) is 0 Å². The molecule has 0 aliphatic carbocycles. The van der Waals surface area contributed by atoms with Crippen LogP contribution in [0.5, 0.6) is 0 Å².